The van der Waals surface area contributed by atoms with Gasteiger partial charge in [0, 0.05) is 23.2 Å². The van der Waals surface area contributed by atoms with Gasteiger partial charge in [0.25, 0.3) is 5.69 Å². The predicted octanol–water partition coefficient (Wildman–Crippen LogP) is 2.96. The number of nitro benzene ring substituents is 1. The van der Waals surface area contributed by atoms with Gasteiger partial charge in [-0.05, 0) is 29.8 Å². The number of carbonyl (C=O) groups excluding carboxylic acids is 1. The van der Waals surface area contributed by atoms with Crippen molar-refractivity contribution in [2.45, 2.75) is 6.54 Å². The molecule has 0 saturated carbocycles. The van der Waals surface area contributed by atoms with Crippen molar-refractivity contribution in [2.75, 3.05) is 5.32 Å². The molecule has 2 aromatic rings. The minimum atomic E-state index is -0.706. The average molecular weight is 306 g/mol. The van der Waals surface area contributed by atoms with Gasteiger partial charge in [-0.2, -0.15) is 0 Å². The van der Waals surface area contributed by atoms with Crippen molar-refractivity contribution in [2.24, 2.45) is 5.73 Å². The van der Waals surface area contributed by atoms with E-state index in [1.165, 1.54) is 12.1 Å². The summed E-state index contributed by atoms with van der Waals surface area (Å²) in [6, 6.07) is 11.2. The van der Waals surface area contributed by atoms with Crippen LogP contribution in [0.5, 0.6) is 0 Å². The highest BCUT2D eigenvalue weighted by molar-refractivity contribution is 6.30. The Morgan fingerprint density at radius 3 is 2.48 bits per heavy atom. The van der Waals surface area contributed by atoms with Crippen molar-refractivity contribution in [1.82, 2.24) is 0 Å². The number of nitrogens with one attached hydrogen (secondary N) is 1. The number of hydrogen-bond acceptors (Lipinski definition) is 4. The number of carbonyl (C=O) groups is 1. The molecular formula is C14H12ClN3O3. The van der Waals surface area contributed by atoms with Gasteiger partial charge in [-0.1, -0.05) is 23.7 Å². The van der Waals surface area contributed by atoms with Gasteiger partial charge in [-0.15, -0.1) is 0 Å². The smallest absolute Gasteiger partial charge is 0.293 e. The number of halogens is 1. The van der Waals surface area contributed by atoms with Crippen molar-refractivity contribution >= 4 is 28.9 Å². The van der Waals surface area contributed by atoms with Gasteiger partial charge in [-0.25, -0.2) is 0 Å². The van der Waals surface area contributed by atoms with Crippen LogP contribution in [0.3, 0.4) is 0 Å². The fourth-order valence-electron chi connectivity index (χ4n) is 1.78. The van der Waals surface area contributed by atoms with Crippen LogP contribution in [-0.2, 0) is 6.54 Å². The van der Waals surface area contributed by atoms with Crippen LogP contribution in [0, 0.1) is 10.1 Å². The highest BCUT2D eigenvalue weighted by Gasteiger charge is 2.16. The molecule has 7 heteroatoms. The fourth-order valence-corrected chi connectivity index (χ4v) is 1.91. The number of nitrogens with two attached hydrogens (primary N) is 1. The zero-order chi connectivity index (χ0) is 15.4. The third-order valence-electron chi connectivity index (χ3n) is 2.88. The molecule has 2 rings (SSSR count). The molecule has 0 saturated heterocycles. The van der Waals surface area contributed by atoms with E-state index in [0.717, 1.165) is 11.6 Å². The Bertz CT molecular complexity index is 686. The molecule has 0 unspecified atom stereocenters. The fraction of sp³-hybridized carbons (Fsp3) is 0.0714. The molecule has 0 aromatic heterocycles. The van der Waals surface area contributed by atoms with Gasteiger partial charge in [0.2, 0.25) is 5.91 Å². The summed E-state index contributed by atoms with van der Waals surface area (Å²) in [5, 5.41) is 14.6. The molecule has 3 N–H and O–H groups in total. The van der Waals surface area contributed by atoms with Gasteiger partial charge >= 0.3 is 0 Å². The summed E-state index contributed by atoms with van der Waals surface area (Å²) < 4.78 is 0. The first kappa shape index (κ1) is 14.8. The van der Waals surface area contributed by atoms with Crippen LogP contribution in [0.15, 0.2) is 42.5 Å². The first-order valence-corrected chi connectivity index (χ1v) is 6.42. The van der Waals surface area contributed by atoms with Gasteiger partial charge in [0.15, 0.2) is 0 Å². The maximum Gasteiger partial charge on any atom is 0.293 e. The van der Waals surface area contributed by atoms with E-state index in [2.05, 4.69) is 5.32 Å². The quantitative estimate of drug-likeness (QED) is 0.655. The molecule has 0 aliphatic rings. The van der Waals surface area contributed by atoms with E-state index in [1.807, 2.05) is 12.1 Å². The number of nitrogens with zero attached hydrogens (tertiary/aromatic N) is 1. The number of anilines is 1. The molecule has 6 nitrogen and oxygen atoms in total. The number of rotatable bonds is 5. The number of primary amides is 1. The van der Waals surface area contributed by atoms with Gasteiger partial charge < -0.3 is 11.1 Å². The highest BCUT2D eigenvalue weighted by atomic mass is 35.5. The molecule has 0 fully saturated rings. The van der Waals surface area contributed by atoms with E-state index in [-0.39, 0.29) is 11.3 Å². The lowest BCUT2D eigenvalue weighted by atomic mass is 10.1. The van der Waals surface area contributed by atoms with E-state index in [0.29, 0.717) is 17.3 Å². The summed E-state index contributed by atoms with van der Waals surface area (Å²) in [7, 11) is 0. The van der Waals surface area contributed by atoms with Gasteiger partial charge in [0.1, 0.15) is 5.69 Å². The number of amides is 1. The van der Waals surface area contributed by atoms with Crippen LogP contribution >= 0.6 is 11.6 Å². The molecule has 21 heavy (non-hydrogen) atoms. The van der Waals surface area contributed by atoms with Crippen molar-refractivity contribution < 1.29 is 9.72 Å². The Kier molecular flexibility index (Phi) is 4.39. The lowest BCUT2D eigenvalue weighted by molar-refractivity contribution is -0.384. The Labute approximate surface area is 125 Å². The van der Waals surface area contributed by atoms with Crippen LogP contribution in [0.2, 0.25) is 5.02 Å². The normalized spacial score (nSPS) is 10.1. The Morgan fingerprint density at radius 1 is 1.24 bits per heavy atom. The molecule has 0 bridgehead atoms. The second-order valence-corrected chi connectivity index (χ2v) is 4.77. The summed E-state index contributed by atoms with van der Waals surface area (Å²) in [6.07, 6.45) is 0. The Balaban J connectivity index is 2.21. The van der Waals surface area contributed by atoms with E-state index < -0.39 is 10.8 Å². The second kappa shape index (κ2) is 6.23. The molecule has 0 atom stereocenters. The maximum atomic E-state index is 11.1. The molecule has 0 aliphatic carbocycles. The summed E-state index contributed by atoms with van der Waals surface area (Å²) in [4.78, 5) is 21.6. The van der Waals surface area contributed by atoms with Crippen LogP contribution in [-0.4, -0.2) is 10.8 Å². The second-order valence-electron chi connectivity index (χ2n) is 4.33. The lowest BCUT2D eigenvalue weighted by Crippen LogP contribution is -2.12. The van der Waals surface area contributed by atoms with Crippen molar-refractivity contribution in [3.63, 3.8) is 0 Å². The molecule has 0 aliphatic heterocycles. The summed E-state index contributed by atoms with van der Waals surface area (Å²) in [6.45, 7) is 0.397. The van der Waals surface area contributed by atoms with E-state index in [4.69, 9.17) is 17.3 Å². The standard InChI is InChI=1S/C14H12ClN3O3/c15-11-4-1-9(2-5-11)8-17-12-6-3-10(14(16)19)7-13(12)18(20)21/h1-7,17H,8H2,(H2,16,19). The summed E-state index contributed by atoms with van der Waals surface area (Å²) in [5.74, 6) is -0.706. The first-order valence-electron chi connectivity index (χ1n) is 6.04. The van der Waals surface area contributed by atoms with Crippen molar-refractivity contribution in [3.8, 4) is 0 Å². The highest BCUT2D eigenvalue weighted by Crippen LogP contribution is 2.26. The SMILES string of the molecule is NC(=O)c1ccc(NCc2ccc(Cl)cc2)c([N+](=O)[O-])c1. The maximum absolute atomic E-state index is 11.1. The predicted molar refractivity (Wildman–Crippen MR) is 80.4 cm³/mol. The summed E-state index contributed by atoms with van der Waals surface area (Å²) in [5.41, 5.74) is 6.26. The first-order chi connectivity index (χ1) is 9.97. The van der Waals surface area contributed by atoms with Gasteiger partial charge in [0.05, 0.1) is 4.92 Å². The van der Waals surface area contributed by atoms with E-state index in [1.54, 1.807) is 12.1 Å². The number of nitro groups is 1. The molecule has 2 aromatic carbocycles. The van der Waals surface area contributed by atoms with Crippen LogP contribution in [0.1, 0.15) is 15.9 Å². The monoisotopic (exact) mass is 305 g/mol. The third kappa shape index (κ3) is 3.70. The molecule has 0 heterocycles. The number of benzene rings is 2. The van der Waals surface area contributed by atoms with E-state index >= 15 is 0 Å². The minimum Gasteiger partial charge on any atom is -0.375 e. The molecule has 1 amide bonds. The zero-order valence-electron chi connectivity index (χ0n) is 10.9. The van der Waals surface area contributed by atoms with Crippen molar-refractivity contribution in [1.29, 1.82) is 0 Å². The summed E-state index contributed by atoms with van der Waals surface area (Å²) >= 11 is 5.79. The van der Waals surface area contributed by atoms with Crippen LogP contribution in [0.25, 0.3) is 0 Å². The van der Waals surface area contributed by atoms with Crippen LogP contribution in [0.4, 0.5) is 11.4 Å². The third-order valence-corrected chi connectivity index (χ3v) is 3.13. The lowest BCUT2D eigenvalue weighted by Gasteiger charge is -2.08. The van der Waals surface area contributed by atoms with E-state index in [9.17, 15) is 14.9 Å². The number of hydrogen-bond donors (Lipinski definition) is 2. The van der Waals surface area contributed by atoms with Gasteiger partial charge in [-0.3, -0.25) is 14.9 Å². The Morgan fingerprint density at radius 2 is 1.90 bits per heavy atom. The molecule has 0 spiro atoms. The molecular weight excluding hydrogens is 294 g/mol. The largest absolute Gasteiger partial charge is 0.375 e. The zero-order valence-corrected chi connectivity index (χ0v) is 11.6. The molecule has 108 valence electrons. The molecule has 0 radical (unpaired) electrons. The topological polar surface area (TPSA) is 98.3 Å². The van der Waals surface area contributed by atoms with Crippen molar-refractivity contribution in [3.05, 3.63) is 68.7 Å². The Hall–Kier alpha value is -2.60. The average Bonchev–Trinajstić information content (AvgIpc) is 2.46. The minimum absolute atomic E-state index is 0.0961. The van der Waals surface area contributed by atoms with Crippen LogP contribution < -0.4 is 11.1 Å².